The van der Waals surface area contributed by atoms with E-state index in [-0.39, 0.29) is 38.3 Å². The van der Waals surface area contributed by atoms with E-state index in [4.69, 9.17) is 23.7 Å². The molecule has 0 unspecified atom stereocenters. The van der Waals surface area contributed by atoms with Crippen LogP contribution in [0, 0.1) is 11.3 Å². The highest BCUT2D eigenvalue weighted by Crippen LogP contribution is 2.44. The van der Waals surface area contributed by atoms with Gasteiger partial charge >= 0.3 is 0 Å². The molecule has 3 heterocycles. The maximum Gasteiger partial charge on any atom is 0.166 e. The van der Waals surface area contributed by atoms with Crippen LogP contribution >= 0.6 is 0 Å². The van der Waals surface area contributed by atoms with Crippen LogP contribution in [0.1, 0.15) is 53.9 Å². The van der Waals surface area contributed by atoms with Gasteiger partial charge in [-0.2, -0.15) is 0 Å². The van der Waals surface area contributed by atoms with Crippen LogP contribution in [0.15, 0.2) is 12.2 Å². The van der Waals surface area contributed by atoms with E-state index in [9.17, 15) is 20.1 Å². The van der Waals surface area contributed by atoms with Crippen molar-refractivity contribution in [1.29, 1.82) is 0 Å². The van der Waals surface area contributed by atoms with E-state index in [0.717, 1.165) is 5.57 Å². The van der Waals surface area contributed by atoms with Crippen LogP contribution in [0.2, 0.25) is 0 Å². The number of ether oxygens (including phenoxy) is 5. The Morgan fingerprint density at radius 3 is 2.47 bits per heavy atom. The van der Waals surface area contributed by atoms with Gasteiger partial charge in [0.25, 0.3) is 0 Å². The number of hydrogen-bond donors (Lipinski definition) is 3. The molecular formula is C25H42O9. The van der Waals surface area contributed by atoms with Crippen LogP contribution in [0.3, 0.4) is 0 Å². The standard InChI is InChI=1S/C25H42O9/c1-13-10-25(6,34-15(3)14(13)2)22(29)17(28)9-18-20-21(32-12-31-18)23(30-7)24(4,5)19(33-20)8-16(27)11-26/h14-16,18-23,26-27,29H,1,8-12H2,2-7H3/t14-,15-,16+,18-,19-,20-,21+,22-,23-,25-/m1/s1. The quantitative estimate of drug-likeness (QED) is 0.436. The Morgan fingerprint density at radius 1 is 1.21 bits per heavy atom. The average Bonchev–Trinajstić information content (AvgIpc) is 2.77. The van der Waals surface area contributed by atoms with E-state index in [0.29, 0.717) is 6.42 Å². The van der Waals surface area contributed by atoms with Crippen molar-refractivity contribution in [3.8, 4) is 0 Å². The maximum absolute atomic E-state index is 13.2. The number of carbonyl (C=O) groups excluding carboxylic acids is 1. The summed E-state index contributed by atoms with van der Waals surface area (Å²) in [5.41, 5.74) is -0.654. The van der Waals surface area contributed by atoms with Gasteiger partial charge in [-0.1, -0.05) is 32.9 Å². The van der Waals surface area contributed by atoms with Crippen molar-refractivity contribution < 1.29 is 43.8 Å². The van der Waals surface area contributed by atoms with Crippen molar-refractivity contribution in [3.05, 3.63) is 12.2 Å². The second-order valence-corrected chi connectivity index (χ2v) is 10.9. The molecule has 10 atom stereocenters. The van der Waals surface area contributed by atoms with Gasteiger partial charge in [-0.3, -0.25) is 4.79 Å². The summed E-state index contributed by atoms with van der Waals surface area (Å²) in [6.07, 6.45) is -4.65. The second-order valence-electron chi connectivity index (χ2n) is 10.9. The second kappa shape index (κ2) is 10.6. The summed E-state index contributed by atoms with van der Waals surface area (Å²) in [4.78, 5) is 13.2. The lowest BCUT2D eigenvalue weighted by Gasteiger charge is -2.54. The van der Waals surface area contributed by atoms with Gasteiger partial charge < -0.3 is 39.0 Å². The normalized spacial score (nSPS) is 42.0. The number of aliphatic hydroxyl groups is 3. The third-order valence-electron chi connectivity index (χ3n) is 8.03. The molecule has 3 N–H and O–H groups in total. The minimum Gasteiger partial charge on any atom is -0.394 e. The zero-order valence-corrected chi connectivity index (χ0v) is 21.2. The van der Waals surface area contributed by atoms with Crippen molar-refractivity contribution in [2.24, 2.45) is 11.3 Å². The lowest BCUT2D eigenvalue weighted by molar-refractivity contribution is -0.328. The Balaban J connectivity index is 1.77. The average molecular weight is 487 g/mol. The monoisotopic (exact) mass is 486 g/mol. The molecule has 0 spiro atoms. The molecule has 196 valence electrons. The predicted molar refractivity (Wildman–Crippen MR) is 123 cm³/mol. The number of hydrogen-bond acceptors (Lipinski definition) is 9. The fourth-order valence-corrected chi connectivity index (χ4v) is 5.62. The van der Waals surface area contributed by atoms with Gasteiger partial charge in [0.15, 0.2) is 5.78 Å². The van der Waals surface area contributed by atoms with Gasteiger partial charge in [-0.05, 0) is 13.8 Å². The van der Waals surface area contributed by atoms with E-state index < -0.39 is 59.5 Å². The van der Waals surface area contributed by atoms with E-state index in [1.165, 1.54) is 0 Å². The van der Waals surface area contributed by atoms with Crippen LogP contribution in [0.25, 0.3) is 0 Å². The SMILES string of the molecule is C=C1C[C@](C)([C@H](O)C(=O)C[C@H]2OCO[C@H]3[C@@H]2O[C@H](C[C@H](O)CO)C(C)(C)[C@@H]3OC)O[C@H](C)[C@@H]1C. The van der Waals surface area contributed by atoms with Crippen LogP contribution in [-0.4, -0.2) is 96.0 Å². The molecule has 3 aliphatic heterocycles. The molecule has 3 saturated heterocycles. The first-order chi connectivity index (χ1) is 15.9. The molecule has 0 amide bonds. The highest BCUT2D eigenvalue weighted by atomic mass is 16.7. The molecule has 3 rings (SSSR count). The fourth-order valence-electron chi connectivity index (χ4n) is 5.62. The Kier molecular flexibility index (Phi) is 8.63. The molecule has 0 bridgehead atoms. The molecule has 0 aromatic heterocycles. The molecule has 0 aliphatic carbocycles. The van der Waals surface area contributed by atoms with Crippen LogP contribution in [0.5, 0.6) is 0 Å². The first kappa shape index (κ1) is 27.7. The van der Waals surface area contributed by atoms with E-state index in [2.05, 4.69) is 6.58 Å². The van der Waals surface area contributed by atoms with Gasteiger partial charge in [-0.15, -0.1) is 0 Å². The zero-order valence-electron chi connectivity index (χ0n) is 21.2. The van der Waals surface area contributed by atoms with Gasteiger partial charge in [0, 0.05) is 37.7 Å². The molecule has 0 aromatic carbocycles. The number of rotatable bonds is 8. The van der Waals surface area contributed by atoms with E-state index in [1.807, 2.05) is 27.7 Å². The Labute approximate surface area is 202 Å². The summed E-state index contributed by atoms with van der Waals surface area (Å²) >= 11 is 0. The summed E-state index contributed by atoms with van der Waals surface area (Å²) in [7, 11) is 1.59. The highest BCUT2D eigenvalue weighted by molar-refractivity contribution is 5.84. The molecule has 34 heavy (non-hydrogen) atoms. The first-order valence-electron chi connectivity index (χ1n) is 12.1. The van der Waals surface area contributed by atoms with Gasteiger partial charge in [0.05, 0.1) is 37.1 Å². The number of ketones is 1. The largest absolute Gasteiger partial charge is 0.394 e. The van der Waals surface area contributed by atoms with Crippen molar-refractivity contribution in [2.75, 3.05) is 20.5 Å². The van der Waals surface area contributed by atoms with Crippen LogP contribution in [0.4, 0.5) is 0 Å². The van der Waals surface area contributed by atoms with Crippen molar-refractivity contribution in [3.63, 3.8) is 0 Å². The lowest BCUT2D eigenvalue weighted by Crippen LogP contribution is -2.66. The Bertz CT molecular complexity index is 740. The zero-order chi connectivity index (χ0) is 25.4. The van der Waals surface area contributed by atoms with Gasteiger partial charge in [0.2, 0.25) is 0 Å². The summed E-state index contributed by atoms with van der Waals surface area (Å²) < 4.78 is 29.8. The fraction of sp³-hybridized carbons (Fsp3) is 0.880. The summed E-state index contributed by atoms with van der Waals surface area (Å²) in [6, 6.07) is 0. The molecule has 9 nitrogen and oxygen atoms in total. The number of carbonyl (C=O) groups is 1. The maximum atomic E-state index is 13.2. The van der Waals surface area contributed by atoms with Gasteiger partial charge in [0.1, 0.15) is 30.7 Å². The lowest BCUT2D eigenvalue weighted by atomic mass is 9.71. The molecule has 0 saturated carbocycles. The summed E-state index contributed by atoms with van der Waals surface area (Å²) in [5, 5.41) is 30.4. The van der Waals surface area contributed by atoms with Crippen molar-refractivity contribution >= 4 is 5.78 Å². The van der Waals surface area contributed by atoms with E-state index in [1.54, 1.807) is 14.0 Å². The van der Waals surface area contributed by atoms with Crippen molar-refractivity contribution in [2.45, 2.75) is 108 Å². The molecule has 3 aliphatic rings. The number of methoxy groups -OCH3 is 1. The minimum absolute atomic E-state index is 0.0302. The Hall–Kier alpha value is -0.910. The minimum atomic E-state index is -1.35. The van der Waals surface area contributed by atoms with Crippen LogP contribution in [-0.2, 0) is 28.5 Å². The molecule has 0 aromatic rings. The number of aliphatic hydroxyl groups excluding tert-OH is 3. The molecule has 3 fully saturated rings. The molecule has 9 heteroatoms. The Morgan fingerprint density at radius 2 is 1.88 bits per heavy atom. The summed E-state index contributed by atoms with van der Waals surface area (Å²) in [6.45, 7) is 13.3. The molecular weight excluding hydrogens is 444 g/mol. The third kappa shape index (κ3) is 5.27. The van der Waals surface area contributed by atoms with Gasteiger partial charge in [-0.25, -0.2) is 0 Å². The third-order valence-corrected chi connectivity index (χ3v) is 8.03. The molecule has 0 radical (unpaired) electrons. The summed E-state index contributed by atoms with van der Waals surface area (Å²) in [5.74, 6) is -0.261. The highest BCUT2D eigenvalue weighted by Gasteiger charge is 2.56. The van der Waals surface area contributed by atoms with Crippen LogP contribution < -0.4 is 0 Å². The number of fused-ring (bicyclic) bond motifs is 1. The topological polar surface area (TPSA) is 124 Å². The smallest absolute Gasteiger partial charge is 0.166 e. The predicted octanol–water partition coefficient (Wildman–Crippen LogP) is 1.36. The first-order valence-corrected chi connectivity index (χ1v) is 12.1. The van der Waals surface area contributed by atoms with Crippen molar-refractivity contribution in [1.82, 2.24) is 0 Å². The van der Waals surface area contributed by atoms with E-state index >= 15 is 0 Å². The number of Topliss-reactive ketones (excluding diaryl/α,β-unsaturated/α-hetero) is 1.